The van der Waals surface area contributed by atoms with Gasteiger partial charge in [0, 0.05) is 27.3 Å². The van der Waals surface area contributed by atoms with Gasteiger partial charge < -0.3 is 8.83 Å². The average molecular weight is 563 g/mol. The molecular weight excluding hydrogens is 540 g/mol. The fraction of sp³-hybridized carbons (Fsp3) is 0. The van der Waals surface area contributed by atoms with Crippen molar-refractivity contribution in [2.75, 3.05) is 0 Å². The molecule has 4 heteroatoms. The maximum atomic E-state index is 6.59. The second-order valence-electron chi connectivity index (χ2n) is 11.3. The Morgan fingerprint density at radius 2 is 1.07 bits per heavy atom. The Hall–Kier alpha value is -6.00. The molecule has 0 unspecified atom stereocenters. The highest BCUT2D eigenvalue weighted by molar-refractivity contribution is 6.33. The van der Waals surface area contributed by atoms with Crippen LogP contribution >= 0.6 is 0 Å². The van der Waals surface area contributed by atoms with Gasteiger partial charge in [0.2, 0.25) is 0 Å². The van der Waals surface area contributed by atoms with Gasteiger partial charge in [-0.3, -0.25) is 0 Å². The maximum Gasteiger partial charge on any atom is 0.180 e. The lowest BCUT2D eigenvalue weighted by Crippen LogP contribution is -1.94. The Kier molecular flexibility index (Phi) is 4.69. The first-order chi connectivity index (χ1) is 21.8. The van der Waals surface area contributed by atoms with E-state index in [4.69, 9.17) is 18.8 Å². The highest BCUT2D eigenvalue weighted by Gasteiger charge is 2.22. The highest BCUT2D eigenvalue weighted by Crippen LogP contribution is 2.45. The fourth-order valence-electron chi connectivity index (χ4n) is 6.84. The van der Waals surface area contributed by atoms with Gasteiger partial charge in [-0.05, 0) is 63.0 Å². The number of fused-ring (bicyclic) bond motifs is 6. The largest absolute Gasteiger partial charge is 0.456 e. The third-order valence-electron chi connectivity index (χ3n) is 8.83. The summed E-state index contributed by atoms with van der Waals surface area (Å²) in [7, 11) is 0. The minimum absolute atomic E-state index is 0.655. The van der Waals surface area contributed by atoms with Crippen LogP contribution in [-0.4, -0.2) is 9.97 Å². The Balaban J connectivity index is 1.32. The van der Waals surface area contributed by atoms with Crippen molar-refractivity contribution in [2.45, 2.75) is 0 Å². The molecule has 4 nitrogen and oxygen atoms in total. The Labute approximate surface area is 251 Å². The molecule has 3 aromatic heterocycles. The van der Waals surface area contributed by atoms with Gasteiger partial charge in [0.1, 0.15) is 28.0 Å². The average Bonchev–Trinajstić information content (AvgIpc) is 3.66. The van der Waals surface area contributed by atoms with E-state index in [1.807, 2.05) is 42.5 Å². The lowest BCUT2D eigenvalue weighted by Gasteiger charge is -2.10. The second kappa shape index (κ2) is 8.76. The van der Waals surface area contributed by atoms with E-state index in [1.165, 1.54) is 16.2 Å². The predicted octanol–water partition coefficient (Wildman–Crippen LogP) is 11.0. The number of rotatable bonds is 3. The molecule has 0 N–H and O–H groups in total. The fourth-order valence-corrected chi connectivity index (χ4v) is 6.84. The van der Waals surface area contributed by atoms with Gasteiger partial charge in [0.15, 0.2) is 11.4 Å². The highest BCUT2D eigenvalue weighted by atomic mass is 16.3. The summed E-state index contributed by atoms with van der Waals surface area (Å²) in [6.45, 7) is 0. The third kappa shape index (κ3) is 3.28. The first-order valence-corrected chi connectivity index (χ1v) is 14.7. The summed E-state index contributed by atoms with van der Waals surface area (Å²) >= 11 is 0. The Morgan fingerprint density at radius 3 is 1.89 bits per heavy atom. The van der Waals surface area contributed by atoms with Crippen molar-refractivity contribution in [3.05, 3.63) is 133 Å². The molecule has 10 rings (SSSR count). The van der Waals surface area contributed by atoms with Gasteiger partial charge in [-0.25, -0.2) is 9.97 Å². The molecule has 0 atom stereocenters. The molecule has 0 saturated heterocycles. The molecule has 0 bridgehead atoms. The maximum absolute atomic E-state index is 6.59. The van der Waals surface area contributed by atoms with E-state index in [0.29, 0.717) is 11.4 Å². The summed E-state index contributed by atoms with van der Waals surface area (Å²) in [5.41, 5.74) is 8.85. The monoisotopic (exact) mass is 562 g/mol. The molecule has 7 aromatic carbocycles. The standard InChI is InChI=1S/C40H22N2O2/c1-3-10-23(11-4-1)25-18-19-32-31(20-25)38-39(44-32)37(41-40(42-38)24-12-5-2-6-13-24)26-21-30-28-15-8-7-14-27(28)29-16-9-17-33-35(29)36(30)34(22-26)43-33/h1-22H. The van der Waals surface area contributed by atoms with E-state index >= 15 is 0 Å². The van der Waals surface area contributed by atoms with Crippen LogP contribution in [0, 0.1) is 0 Å². The van der Waals surface area contributed by atoms with E-state index in [2.05, 4.69) is 91.0 Å². The van der Waals surface area contributed by atoms with Crippen molar-refractivity contribution in [1.29, 1.82) is 0 Å². The van der Waals surface area contributed by atoms with Crippen LogP contribution < -0.4 is 0 Å². The van der Waals surface area contributed by atoms with E-state index in [-0.39, 0.29) is 0 Å². The molecule has 0 amide bonds. The van der Waals surface area contributed by atoms with Crippen molar-refractivity contribution in [2.24, 2.45) is 0 Å². The summed E-state index contributed by atoms with van der Waals surface area (Å²) in [6.07, 6.45) is 0. The molecule has 3 heterocycles. The zero-order valence-electron chi connectivity index (χ0n) is 23.4. The molecule has 0 spiro atoms. The molecule has 0 aliphatic carbocycles. The number of nitrogens with zero attached hydrogens (tertiary/aromatic N) is 2. The second-order valence-corrected chi connectivity index (χ2v) is 11.3. The number of aromatic nitrogens is 2. The topological polar surface area (TPSA) is 52.1 Å². The molecular formula is C40H22N2O2. The smallest absolute Gasteiger partial charge is 0.180 e. The summed E-state index contributed by atoms with van der Waals surface area (Å²) in [4.78, 5) is 10.3. The van der Waals surface area contributed by atoms with Crippen LogP contribution in [0.3, 0.4) is 0 Å². The molecule has 0 fully saturated rings. The van der Waals surface area contributed by atoms with Gasteiger partial charge in [-0.1, -0.05) is 103 Å². The van der Waals surface area contributed by atoms with Crippen LogP contribution in [0.25, 0.3) is 99.3 Å². The van der Waals surface area contributed by atoms with Crippen LogP contribution in [0.1, 0.15) is 0 Å². The number of benzene rings is 7. The summed E-state index contributed by atoms with van der Waals surface area (Å²) in [5, 5.41) is 8.01. The Morgan fingerprint density at radius 1 is 0.386 bits per heavy atom. The number of furan rings is 2. The Bertz CT molecular complexity index is 2700. The molecule has 0 radical (unpaired) electrons. The van der Waals surface area contributed by atoms with Crippen molar-refractivity contribution in [1.82, 2.24) is 9.97 Å². The van der Waals surface area contributed by atoms with Crippen LogP contribution in [0.5, 0.6) is 0 Å². The first kappa shape index (κ1) is 23.6. The molecule has 204 valence electrons. The number of hydrogen-bond acceptors (Lipinski definition) is 4. The quantitative estimate of drug-likeness (QED) is 0.201. The zero-order valence-corrected chi connectivity index (χ0v) is 23.4. The van der Waals surface area contributed by atoms with Crippen molar-refractivity contribution in [3.63, 3.8) is 0 Å². The van der Waals surface area contributed by atoms with Crippen molar-refractivity contribution in [3.8, 4) is 33.8 Å². The van der Waals surface area contributed by atoms with Crippen LogP contribution in [0.15, 0.2) is 142 Å². The third-order valence-corrected chi connectivity index (χ3v) is 8.83. The van der Waals surface area contributed by atoms with Gasteiger partial charge in [0.25, 0.3) is 0 Å². The summed E-state index contributed by atoms with van der Waals surface area (Å²) in [6, 6.07) is 46.1. The first-order valence-electron chi connectivity index (χ1n) is 14.7. The molecule has 0 aliphatic rings. The molecule has 44 heavy (non-hydrogen) atoms. The number of hydrogen-bond donors (Lipinski definition) is 0. The van der Waals surface area contributed by atoms with Gasteiger partial charge >= 0.3 is 0 Å². The normalized spacial score (nSPS) is 12.1. The van der Waals surface area contributed by atoms with Gasteiger partial charge in [-0.2, -0.15) is 0 Å². The van der Waals surface area contributed by atoms with Crippen molar-refractivity contribution < 1.29 is 8.83 Å². The molecule has 0 aliphatic heterocycles. The predicted molar refractivity (Wildman–Crippen MR) is 179 cm³/mol. The van der Waals surface area contributed by atoms with E-state index in [1.54, 1.807) is 0 Å². The van der Waals surface area contributed by atoms with Crippen LogP contribution in [0.4, 0.5) is 0 Å². The lowest BCUT2D eigenvalue weighted by atomic mass is 9.93. The summed E-state index contributed by atoms with van der Waals surface area (Å²) in [5.74, 6) is 0.655. The minimum Gasteiger partial charge on any atom is -0.456 e. The SMILES string of the molecule is c1ccc(-c2ccc3oc4c(-c5cc6oc7cccc8c9ccccc9c(c5)c6c78)nc(-c5ccccc5)nc4c3c2)cc1. The van der Waals surface area contributed by atoms with Gasteiger partial charge in [-0.15, -0.1) is 0 Å². The molecule has 10 aromatic rings. The van der Waals surface area contributed by atoms with E-state index < -0.39 is 0 Å². The summed E-state index contributed by atoms with van der Waals surface area (Å²) < 4.78 is 13.1. The van der Waals surface area contributed by atoms with Crippen molar-refractivity contribution >= 4 is 65.6 Å². The van der Waals surface area contributed by atoms with Gasteiger partial charge in [0.05, 0.1) is 0 Å². The minimum atomic E-state index is 0.655. The van der Waals surface area contributed by atoms with Crippen LogP contribution in [-0.2, 0) is 0 Å². The van der Waals surface area contributed by atoms with E-state index in [9.17, 15) is 0 Å². The lowest BCUT2D eigenvalue weighted by molar-refractivity contribution is 0.666. The van der Waals surface area contributed by atoms with Crippen LogP contribution in [0.2, 0.25) is 0 Å². The van der Waals surface area contributed by atoms with E-state index in [0.717, 1.165) is 71.8 Å². The molecule has 0 saturated carbocycles. The zero-order chi connectivity index (χ0) is 28.8.